The van der Waals surface area contributed by atoms with Gasteiger partial charge < -0.3 is 10.2 Å². The molecule has 1 heterocycles. The van der Waals surface area contributed by atoms with Gasteiger partial charge in [0, 0.05) is 30.8 Å². The number of hydrogen-bond donors (Lipinski definition) is 1. The molecule has 0 unspecified atom stereocenters. The van der Waals surface area contributed by atoms with Gasteiger partial charge in [0.1, 0.15) is 0 Å². The number of carbonyl (C=O) groups is 2. The predicted molar refractivity (Wildman–Crippen MR) is 100 cm³/mol. The van der Waals surface area contributed by atoms with Crippen molar-refractivity contribution in [2.45, 2.75) is 38.7 Å². The highest BCUT2D eigenvalue weighted by Gasteiger charge is 2.37. The zero-order valence-electron chi connectivity index (χ0n) is 16.3. The first-order valence-corrected chi connectivity index (χ1v) is 9.39. The van der Waals surface area contributed by atoms with Gasteiger partial charge in [0.2, 0.25) is 5.91 Å². The van der Waals surface area contributed by atoms with Gasteiger partial charge in [0.25, 0.3) is 5.91 Å². The maximum absolute atomic E-state index is 13.0. The zero-order chi connectivity index (χ0) is 23.0. The Balaban J connectivity index is 1.88. The molecule has 1 aliphatic rings. The fourth-order valence-corrected chi connectivity index (χ4v) is 3.36. The van der Waals surface area contributed by atoms with Crippen LogP contribution in [0.5, 0.6) is 0 Å². The number of anilines is 1. The molecular weight excluding hydrogens is 426 g/mol. The van der Waals surface area contributed by atoms with E-state index in [0.29, 0.717) is 38.1 Å². The van der Waals surface area contributed by atoms with Crippen molar-refractivity contribution >= 4 is 17.5 Å². The summed E-state index contributed by atoms with van der Waals surface area (Å²) in [5.41, 5.74) is -1.97. The summed E-state index contributed by atoms with van der Waals surface area (Å²) in [7, 11) is 0. The molecule has 10 heteroatoms. The van der Waals surface area contributed by atoms with Crippen LogP contribution in [0.15, 0.2) is 36.4 Å². The van der Waals surface area contributed by atoms with Crippen molar-refractivity contribution in [2.24, 2.45) is 0 Å². The molecule has 0 saturated heterocycles. The molecule has 0 fully saturated rings. The van der Waals surface area contributed by atoms with E-state index < -0.39 is 35.0 Å². The van der Waals surface area contributed by atoms with Gasteiger partial charge in [-0.05, 0) is 47.9 Å². The minimum Gasteiger partial charge on any atom is -0.338 e. The van der Waals surface area contributed by atoms with E-state index in [9.17, 15) is 35.9 Å². The lowest BCUT2D eigenvalue weighted by molar-refractivity contribution is -0.143. The minimum absolute atomic E-state index is 0.0327. The summed E-state index contributed by atoms with van der Waals surface area (Å²) in [4.78, 5) is 26.0. The van der Waals surface area contributed by atoms with Gasteiger partial charge in [0.15, 0.2) is 0 Å². The van der Waals surface area contributed by atoms with Crippen LogP contribution >= 0.6 is 0 Å². The highest BCUT2D eigenvalue weighted by Crippen LogP contribution is 2.36. The number of halogens is 6. The van der Waals surface area contributed by atoms with Crippen molar-refractivity contribution in [3.8, 4) is 0 Å². The average molecular weight is 444 g/mol. The van der Waals surface area contributed by atoms with Crippen LogP contribution in [0, 0.1) is 0 Å². The average Bonchev–Trinajstić information content (AvgIpc) is 2.71. The molecule has 31 heavy (non-hydrogen) atoms. The standard InChI is InChI=1S/C21H18F6N2O2/c1-2-18(30)29-6-5-12-3-4-17(9-14(12)11-29)28-19(31)13-7-15(20(22,23)24)10-16(8-13)21(25,26)27/h3-4,7-10H,2,5-6,11H2,1H3,(H,28,31). The van der Waals surface area contributed by atoms with E-state index in [0.717, 1.165) is 11.1 Å². The third-order valence-electron chi connectivity index (χ3n) is 4.98. The number of nitrogens with zero attached hydrogens (tertiary/aromatic N) is 1. The van der Waals surface area contributed by atoms with E-state index in [1.807, 2.05) is 0 Å². The topological polar surface area (TPSA) is 49.4 Å². The van der Waals surface area contributed by atoms with Crippen LogP contribution in [0.3, 0.4) is 0 Å². The van der Waals surface area contributed by atoms with Crippen molar-refractivity contribution in [2.75, 3.05) is 11.9 Å². The summed E-state index contributed by atoms with van der Waals surface area (Å²) in [6, 6.07) is 5.53. The van der Waals surface area contributed by atoms with Crippen LogP contribution in [0.4, 0.5) is 32.0 Å². The SMILES string of the molecule is CCC(=O)N1CCc2ccc(NC(=O)c3cc(C(F)(F)F)cc(C(F)(F)F)c3)cc2C1. The Hall–Kier alpha value is -3.04. The first kappa shape index (κ1) is 22.6. The molecular formula is C21H18F6N2O2. The molecule has 1 aliphatic heterocycles. The zero-order valence-corrected chi connectivity index (χ0v) is 16.3. The number of nitrogens with one attached hydrogen (secondary N) is 1. The molecule has 4 nitrogen and oxygen atoms in total. The summed E-state index contributed by atoms with van der Waals surface area (Å²) in [6.07, 6.45) is -9.14. The van der Waals surface area contributed by atoms with Crippen LogP contribution in [-0.2, 0) is 30.1 Å². The Bertz CT molecular complexity index is 982. The molecule has 0 aromatic heterocycles. The molecule has 0 atom stereocenters. The van der Waals surface area contributed by atoms with Crippen LogP contribution in [0.25, 0.3) is 0 Å². The van der Waals surface area contributed by atoms with Crippen molar-refractivity contribution in [1.82, 2.24) is 4.90 Å². The maximum atomic E-state index is 13.0. The molecule has 2 amide bonds. The Morgan fingerprint density at radius 1 is 0.935 bits per heavy atom. The van der Waals surface area contributed by atoms with Crippen molar-refractivity contribution < 1.29 is 35.9 Å². The summed E-state index contributed by atoms with van der Waals surface area (Å²) < 4.78 is 78.1. The van der Waals surface area contributed by atoms with Crippen molar-refractivity contribution in [3.05, 3.63) is 64.2 Å². The monoisotopic (exact) mass is 444 g/mol. The molecule has 0 spiro atoms. The number of benzene rings is 2. The third-order valence-corrected chi connectivity index (χ3v) is 4.98. The maximum Gasteiger partial charge on any atom is 0.416 e. The van der Waals surface area contributed by atoms with Gasteiger partial charge in [-0.25, -0.2) is 0 Å². The third kappa shape index (κ3) is 5.18. The smallest absolute Gasteiger partial charge is 0.338 e. The van der Waals surface area contributed by atoms with Crippen molar-refractivity contribution in [1.29, 1.82) is 0 Å². The molecule has 0 saturated carbocycles. The summed E-state index contributed by atoms with van der Waals surface area (Å²) in [5, 5.41) is 2.35. The first-order valence-electron chi connectivity index (χ1n) is 9.39. The lowest BCUT2D eigenvalue weighted by atomic mass is 9.98. The van der Waals surface area contributed by atoms with Crippen LogP contribution in [-0.4, -0.2) is 23.3 Å². The molecule has 0 bridgehead atoms. The highest BCUT2D eigenvalue weighted by atomic mass is 19.4. The fourth-order valence-electron chi connectivity index (χ4n) is 3.36. The molecule has 0 aliphatic carbocycles. The normalized spacial score (nSPS) is 14.2. The van der Waals surface area contributed by atoms with E-state index in [2.05, 4.69) is 5.32 Å². The van der Waals surface area contributed by atoms with Crippen LogP contribution in [0.1, 0.15) is 46.0 Å². The van der Waals surface area contributed by atoms with Gasteiger partial charge in [-0.3, -0.25) is 9.59 Å². The number of alkyl halides is 6. The second kappa shape index (κ2) is 8.24. The molecule has 2 aromatic rings. The summed E-state index contributed by atoms with van der Waals surface area (Å²) in [5.74, 6) is -1.14. The summed E-state index contributed by atoms with van der Waals surface area (Å²) >= 11 is 0. The quantitative estimate of drug-likeness (QED) is 0.656. The first-order chi connectivity index (χ1) is 14.4. The molecule has 166 valence electrons. The Morgan fingerprint density at radius 2 is 1.55 bits per heavy atom. The van der Waals surface area contributed by atoms with Gasteiger partial charge in [-0.1, -0.05) is 13.0 Å². The number of amides is 2. The van der Waals surface area contributed by atoms with Gasteiger partial charge >= 0.3 is 12.4 Å². The molecule has 3 rings (SSSR count). The molecule has 1 N–H and O–H groups in total. The second-order valence-electron chi connectivity index (χ2n) is 7.15. The number of fused-ring (bicyclic) bond motifs is 1. The lowest BCUT2D eigenvalue weighted by Gasteiger charge is -2.29. The second-order valence-corrected chi connectivity index (χ2v) is 7.15. The highest BCUT2D eigenvalue weighted by molar-refractivity contribution is 6.04. The minimum atomic E-state index is -5.04. The van der Waals surface area contributed by atoms with E-state index in [4.69, 9.17) is 0 Å². The van der Waals surface area contributed by atoms with Crippen LogP contribution in [0.2, 0.25) is 0 Å². The Morgan fingerprint density at radius 3 is 2.10 bits per heavy atom. The largest absolute Gasteiger partial charge is 0.416 e. The van der Waals surface area contributed by atoms with Gasteiger partial charge in [-0.15, -0.1) is 0 Å². The van der Waals surface area contributed by atoms with Gasteiger partial charge in [0.05, 0.1) is 11.1 Å². The van der Waals surface area contributed by atoms with Gasteiger partial charge in [-0.2, -0.15) is 26.3 Å². The number of rotatable bonds is 3. The Labute approximate surface area is 173 Å². The lowest BCUT2D eigenvalue weighted by Crippen LogP contribution is -2.35. The van der Waals surface area contributed by atoms with E-state index >= 15 is 0 Å². The Kier molecular flexibility index (Phi) is 6.02. The van der Waals surface area contributed by atoms with Crippen molar-refractivity contribution in [3.63, 3.8) is 0 Å². The molecule has 2 aromatic carbocycles. The van der Waals surface area contributed by atoms with E-state index in [1.165, 1.54) is 6.07 Å². The summed E-state index contributed by atoms with van der Waals surface area (Å²) in [6.45, 7) is 2.60. The predicted octanol–water partition coefficient (Wildman–Crippen LogP) is 5.27. The fraction of sp³-hybridized carbons (Fsp3) is 0.333. The van der Waals surface area contributed by atoms with E-state index in [1.54, 1.807) is 24.0 Å². The van der Waals surface area contributed by atoms with E-state index in [-0.39, 0.29) is 17.7 Å². The number of hydrogen-bond acceptors (Lipinski definition) is 2. The number of carbonyl (C=O) groups excluding carboxylic acids is 2. The van der Waals surface area contributed by atoms with Crippen LogP contribution < -0.4 is 5.32 Å². The molecule has 0 radical (unpaired) electrons.